The summed E-state index contributed by atoms with van der Waals surface area (Å²) in [6, 6.07) is 5.94. The van der Waals surface area contributed by atoms with Crippen molar-refractivity contribution in [1.29, 1.82) is 0 Å². The molecular formula is C16H25N3O2. The van der Waals surface area contributed by atoms with Crippen molar-refractivity contribution in [2.45, 2.75) is 19.9 Å². The fourth-order valence-corrected chi connectivity index (χ4v) is 2.55. The fraction of sp³-hybridized carbons (Fsp3) is 0.562. The van der Waals surface area contributed by atoms with E-state index < -0.39 is 0 Å². The first-order valence-electron chi connectivity index (χ1n) is 7.40. The number of hydrogen-bond acceptors (Lipinski definition) is 4. The van der Waals surface area contributed by atoms with Crippen LogP contribution in [0.4, 0.5) is 11.4 Å². The number of rotatable bonds is 4. The van der Waals surface area contributed by atoms with Crippen molar-refractivity contribution in [3.05, 3.63) is 23.8 Å². The molecule has 1 aromatic carbocycles. The molecule has 1 aliphatic heterocycles. The Morgan fingerprint density at radius 2 is 2.00 bits per heavy atom. The van der Waals surface area contributed by atoms with Crippen LogP contribution in [-0.2, 0) is 9.53 Å². The Hall–Kier alpha value is -1.75. The first-order chi connectivity index (χ1) is 9.99. The van der Waals surface area contributed by atoms with Crippen molar-refractivity contribution < 1.29 is 9.53 Å². The summed E-state index contributed by atoms with van der Waals surface area (Å²) in [6.07, 6.45) is 0. The lowest BCUT2D eigenvalue weighted by Gasteiger charge is -2.30. The van der Waals surface area contributed by atoms with Crippen molar-refractivity contribution in [2.75, 3.05) is 50.6 Å². The van der Waals surface area contributed by atoms with Gasteiger partial charge in [0.2, 0.25) is 5.91 Å². The second-order valence-electron chi connectivity index (χ2n) is 5.70. The molecule has 21 heavy (non-hydrogen) atoms. The largest absolute Gasteiger partial charge is 0.378 e. The minimum Gasteiger partial charge on any atom is -0.378 e. The first kappa shape index (κ1) is 15.6. The van der Waals surface area contributed by atoms with Gasteiger partial charge in [-0.1, -0.05) is 6.07 Å². The van der Waals surface area contributed by atoms with Crippen LogP contribution in [0.2, 0.25) is 0 Å². The molecule has 0 bridgehead atoms. The average Bonchev–Trinajstić information content (AvgIpc) is 2.49. The smallest absolute Gasteiger partial charge is 0.244 e. The topological polar surface area (TPSA) is 44.8 Å². The first-order valence-corrected chi connectivity index (χ1v) is 7.40. The zero-order valence-electron chi connectivity index (χ0n) is 13.3. The number of amides is 1. The Morgan fingerprint density at radius 1 is 1.33 bits per heavy atom. The quantitative estimate of drug-likeness (QED) is 0.917. The lowest BCUT2D eigenvalue weighted by Crippen LogP contribution is -2.47. The zero-order chi connectivity index (χ0) is 15.4. The molecule has 1 amide bonds. The van der Waals surface area contributed by atoms with Crippen LogP contribution in [0.3, 0.4) is 0 Å². The molecule has 1 atom stereocenters. The zero-order valence-corrected chi connectivity index (χ0v) is 13.3. The molecule has 1 aromatic rings. The van der Waals surface area contributed by atoms with Gasteiger partial charge in [0.1, 0.15) is 6.04 Å². The van der Waals surface area contributed by atoms with Gasteiger partial charge < -0.3 is 19.9 Å². The summed E-state index contributed by atoms with van der Waals surface area (Å²) in [6.45, 7) is 6.62. The lowest BCUT2D eigenvalue weighted by molar-refractivity contribution is -0.135. The van der Waals surface area contributed by atoms with Gasteiger partial charge in [0.05, 0.1) is 13.2 Å². The van der Waals surface area contributed by atoms with E-state index in [1.807, 2.05) is 32.0 Å². The second kappa shape index (κ2) is 6.80. The summed E-state index contributed by atoms with van der Waals surface area (Å²) in [4.78, 5) is 16.3. The van der Waals surface area contributed by atoms with E-state index in [0.717, 1.165) is 11.4 Å². The Morgan fingerprint density at radius 3 is 2.62 bits per heavy atom. The predicted molar refractivity (Wildman–Crippen MR) is 86.0 cm³/mol. The summed E-state index contributed by atoms with van der Waals surface area (Å²) in [7, 11) is 4.04. The monoisotopic (exact) mass is 291 g/mol. The molecule has 1 saturated heterocycles. The maximum Gasteiger partial charge on any atom is 0.244 e. The Kier molecular flexibility index (Phi) is 5.07. The van der Waals surface area contributed by atoms with Crippen LogP contribution in [0.25, 0.3) is 0 Å². The molecular weight excluding hydrogens is 266 g/mol. The standard InChI is InChI=1S/C16H25N3O2/c1-12-5-6-14(11-15(12)18(3)4)17-13(2)16(20)19-7-9-21-10-8-19/h5-6,11,13,17H,7-10H2,1-4H3. The predicted octanol–water partition coefficient (Wildman–Crippen LogP) is 1.72. The van der Waals surface area contributed by atoms with Gasteiger partial charge in [-0.25, -0.2) is 0 Å². The van der Waals surface area contributed by atoms with Crippen molar-refractivity contribution >= 4 is 17.3 Å². The molecule has 1 aliphatic rings. The number of ether oxygens (including phenoxy) is 1. The van der Waals surface area contributed by atoms with Crippen molar-refractivity contribution in [2.24, 2.45) is 0 Å². The number of nitrogens with zero attached hydrogens (tertiary/aromatic N) is 2. The Balaban J connectivity index is 2.03. The number of carbonyl (C=O) groups is 1. The molecule has 0 saturated carbocycles. The molecule has 1 unspecified atom stereocenters. The van der Waals surface area contributed by atoms with Crippen molar-refractivity contribution in [3.63, 3.8) is 0 Å². The van der Waals surface area contributed by atoms with Gasteiger partial charge in [0, 0.05) is 38.6 Å². The highest BCUT2D eigenvalue weighted by atomic mass is 16.5. The van der Waals surface area contributed by atoms with E-state index in [0.29, 0.717) is 26.3 Å². The van der Waals surface area contributed by atoms with Crippen LogP contribution in [0, 0.1) is 6.92 Å². The highest BCUT2D eigenvalue weighted by Gasteiger charge is 2.22. The van der Waals surface area contributed by atoms with Crippen LogP contribution < -0.4 is 10.2 Å². The average molecular weight is 291 g/mol. The highest BCUT2D eigenvalue weighted by molar-refractivity contribution is 5.84. The molecule has 5 nitrogen and oxygen atoms in total. The molecule has 1 fully saturated rings. The Labute approximate surface area is 126 Å². The van der Waals surface area contributed by atoms with Crippen LogP contribution in [0.5, 0.6) is 0 Å². The van der Waals surface area contributed by atoms with Gasteiger partial charge in [-0.05, 0) is 31.5 Å². The SMILES string of the molecule is Cc1ccc(NC(C)C(=O)N2CCOCC2)cc1N(C)C. The molecule has 116 valence electrons. The minimum atomic E-state index is -0.235. The fourth-order valence-electron chi connectivity index (χ4n) is 2.55. The third-order valence-electron chi connectivity index (χ3n) is 3.77. The number of benzene rings is 1. The van der Waals surface area contributed by atoms with Gasteiger partial charge in [-0.15, -0.1) is 0 Å². The van der Waals surface area contributed by atoms with E-state index in [1.165, 1.54) is 5.56 Å². The molecule has 0 radical (unpaired) electrons. The lowest BCUT2D eigenvalue weighted by atomic mass is 10.1. The van der Waals surface area contributed by atoms with Crippen LogP contribution in [0.1, 0.15) is 12.5 Å². The number of anilines is 2. The summed E-state index contributed by atoms with van der Waals surface area (Å²) >= 11 is 0. The van der Waals surface area contributed by atoms with Gasteiger partial charge in [0.15, 0.2) is 0 Å². The molecule has 0 aromatic heterocycles. The van der Waals surface area contributed by atoms with E-state index >= 15 is 0 Å². The Bertz CT molecular complexity index is 496. The number of carbonyl (C=O) groups excluding carboxylic acids is 1. The van der Waals surface area contributed by atoms with Crippen molar-refractivity contribution in [1.82, 2.24) is 4.90 Å². The number of morpholine rings is 1. The van der Waals surface area contributed by atoms with Gasteiger partial charge in [0.25, 0.3) is 0 Å². The molecule has 5 heteroatoms. The van der Waals surface area contributed by atoms with Gasteiger partial charge in [-0.2, -0.15) is 0 Å². The van der Waals surface area contributed by atoms with E-state index in [4.69, 9.17) is 4.74 Å². The normalized spacial score (nSPS) is 16.5. The number of nitrogens with one attached hydrogen (secondary N) is 1. The highest BCUT2D eigenvalue weighted by Crippen LogP contribution is 2.23. The number of aryl methyl sites for hydroxylation is 1. The summed E-state index contributed by atoms with van der Waals surface area (Å²) in [5.41, 5.74) is 3.35. The van der Waals surface area contributed by atoms with Crippen LogP contribution in [-0.4, -0.2) is 57.2 Å². The third kappa shape index (κ3) is 3.88. The molecule has 2 rings (SSSR count). The molecule has 1 N–H and O–H groups in total. The summed E-state index contributed by atoms with van der Waals surface area (Å²) in [5.74, 6) is 0.130. The van der Waals surface area contributed by atoms with Crippen molar-refractivity contribution in [3.8, 4) is 0 Å². The summed E-state index contributed by atoms with van der Waals surface area (Å²) in [5, 5.41) is 3.30. The molecule has 0 aliphatic carbocycles. The van der Waals surface area contributed by atoms with E-state index in [2.05, 4.69) is 29.3 Å². The number of hydrogen-bond donors (Lipinski definition) is 1. The van der Waals surface area contributed by atoms with Crippen LogP contribution >= 0.6 is 0 Å². The van der Waals surface area contributed by atoms with Gasteiger partial charge in [-0.3, -0.25) is 4.79 Å². The van der Waals surface area contributed by atoms with E-state index in [9.17, 15) is 4.79 Å². The van der Waals surface area contributed by atoms with Gasteiger partial charge >= 0.3 is 0 Å². The molecule has 1 heterocycles. The van der Waals surface area contributed by atoms with E-state index in [1.54, 1.807) is 0 Å². The van der Waals surface area contributed by atoms with E-state index in [-0.39, 0.29) is 11.9 Å². The second-order valence-corrected chi connectivity index (χ2v) is 5.70. The maximum absolute atomic E-state index is 12.4. The maximum atomic E-state index is 12.4. The molecule has 0 spiro atoms. The third-order valence-corrected chi connectivity index (χ3v) is 3.77. The summed E-state index contributed by atoms with van der Waals surface area (Å²) < 4.78 is 5.28. The van der Waals surface area contributed by atoms with Crippen LogP contribution in [0.15, 0.2) is 18.2 Å². The minimum absolute atomic E-state index is 0.130.